The molecule has 1 unspecified atom stereocenters. The number of primary amides is 1. The van der Waals surface area contributed by atoms with Crippen LogP contribution in [0.5, 0.6) is 0 Å². The van der Waals surface area contributed by atoms with Gasteiger partial charge in [-0.3, -0.25) is 9.78 Å². The molecule has 146 valence electrons. The van der Waals surface area contributed by atoms with E-state index in [1.54, 1.807) is 7.05 Å². The van der Waals surface area contributed by atoms with Crippen molar-refractivity contribution in [3.63, 3.8) is 0 Å². The summed E-state index contributed by atoms with van der Waals surface area (Å²) in [6.07, 6.45) is -1.72. The highest BCUT2D eigenvalue weighted by Crippen LogP contribution is 2.31. The Balaban J connectivity index is 1.97. The number of nitrogens with two attached hydrogens (primary N) is 1. The van der Waals surface area contributed by atoms with E-state index in [1.165, 1.54) is 30.7 Å². The number of carbonyl (C=O) groups is 1. The fourth-order valence-corrected chi connectivity index (χ4v) is 2.79. The number of alkyl halides is 3. The minimum absolute atomic E-state index is 0.204. The first-order valence-electron chi connectivity index (χ1n) is 8.29. The number of aromatic nitrogens is 3. The number of pyridine rings is 1. The lowest BCUT2D eigenvalue weighted by Gasteiger charge is -2.20. The molecule has 1 amide bonds. The van der Waals surface area contributed by atoms with E-state index in [9.17, 15) is 18.0 Å². The molecule has 0 saturated carbocycles. The molecule has 3 aromatic rings. The van der Waals surface area contributed by atoms with Gasteiger partial charge < -0.3 is 16.4 Å². The summed E-state index contributed by atoms with van der Waals surface area (Å²) < 4.78 is 38.4. The van der Waals surface area contributed by atoms with Gasteiger partial charge >= 0.3 is 6.18 Å². The maximum absolute atomic E-state index is 12.8. The third-order valence-electron chi connectivity index (χ3n) is 4.15. The molecule has 0 aliphatic carbocycles. The van der Waals surface area contributed by atoms with Gasteiger partial charge in [0, 0.05) is 12.7 Å². The lowest BCUT2D eigenvalue weighted by molar-refractivity contribution is -0.137. The Bertz CT molecular complexity index is 991. The van der Waals surface area contributed by atoms with Crippen LogP contribution in [0, 0.1) is 0 Å². The summed E-state index contributed by atoms with van der Waals surface area (Å²) in [5.41, 5.74) is 6.11. The van der Waals surface area contributed by atoms with E-state index in [-0.39, 0.29) is 5.56 Å². The zero-order chi connectivity index (χ0) is 20.3. The van der Waals surface area contributed by atoms with E-state index >= 15 is 0 Å². The molecule has 7 nitrogen and oxygen atoms in total. The van der Waals surface area contributed by atoms with Crippen LogP contribution < -0.4 is 16.4 Å². The summed E-state index contributed by atoms with van der Waals surface area (Å²) in [4.78, 5) is 24.0. The Morgan fingerprint density at radius 2 is 1.82 bits per heavy atom. The van der Waals surface area contributed by atoms with Crippen LogP contribution in [0.3, 0.4) is 0 Å². The van der Waals surface area contributed by atoms with Crippen LogP contribution in [-0.2, 0) is 6.18 Å². The van der Waals surface area contributed by atoms with Crippen LogP contribution >= 0.6 is 0 Å². The second-order valence-corrected chi connectivity index (χ2v) is 6.02. The molecular weight excluding hydrogens is 373 g/mol. The van der Waals surface area contributed by atoms with Crippen LogP contribution in [0.2, 0.25) is 0 Å². The molecule has 0 radical (unpaired) electrons. The molecule has 3 rings (SSSR count). The molecular formula is C18H17F3N6O. The number of likely N-dealkylation sites (N-methyl/N-ethyl adjacent to an activating group) is 1. The Kier molecular flexibility index (Phi) is 5.41. The molecule has 0 fully saturated rings. The number of hydrogen-bond donors (Lipinski definition) is 3. The van der Waals surface area contributed by atoms with Gasteiger partial charge in [0.2, 0.25) is 0 Å². The van der Waals surface area contributed by atoms with Gasteiger partial charge in [-0.25, -0.2) is 9.97 Å². The van der Waals surface area contributed by atoms with Gasteiger partial charge in [0.1, 0.15) is 17.4 Å². The van der Waals surface area contributed by atoms with Gasteiger partial charge in [-0.2, -0.15) is 13.2 Å². The second kappa shape index (κ2) is 7.77. The minimum atomic E-state index is -4.40. The smallest absolute Gasteiger partial charge is 0.366 e. The third kappa shape index (κ3) is 4.01. The fraction of sp³-hybridized carbons (Fsp3) is 0.222. The molecule has 0 saturated heterocycles. The average Bonchev–Trinajstić information content (AvgIpc) is 2.66. The Morgan fingerprint density at radius 1 is 1.11 bits per heavy atom. The third-order valence-corrected chi connectivity index (χ3v) is 4.15. The molecule has 2 aromatic heterocycles. The topological polar surface area (TPSA) is 106 Å². The number of anilines is 1. The minimum Gasteiger partial charge on any atom is -0.366 e. The van der Waals surface area contributed by atoms with Gasteiger partial charge in [-0.1, -0.05) is 12.1 Å². The summed E-state index contributed by atoms with van der Waals surface area (Å²) in [5.74, 6) is -0.306. The summed E-state index contributed by atoms with van der Waals surface area (Å²) >= 11 is 0. The first-order valence-corrected chi connectivity index (χ1v) is 8.29. The van der Waals surface area contributed by atoms with Crippen LogP contribution in [0.25, 0.3) is 11.0 Å². The average molecular weight is 390 g/mol. The van der Waals surface area contributed by atoms with E-state index in [0.717, 1.165) is 12.1 Å². The van der Waals surface area contributed by atoms with Crippen molar-refractivity contribution in [2.24, 2.45) is 5.73 Å². The molecule has 0 bridgehead atoms. The number of fused-ring (bicyclic) bond motifs is 1. The lowest BCUT2D eigenvalue weighted by Crippen LogP contribution is -2.24. The van der Waals surface area contributed by atoms with Crippen LogP contribution in [0.1, 0.15) is 27.5 Å². The highest BCUT2D eigenvalue weighted by atomic mass is 19.4. The van der Waals surface area contributed by atoms with Gasteiger partial charge in [-0.15, -0.1) is 0 Å². The SMILES string of the molecule is CNCC(Nc1ncnc2c(C(N)=O)ccnc12)c1ccc(C(F)(F)F)cc1. The van der Waals surface area contributed by atoms with Gasteiger partial charge in [0.05, 0.1) is 17.2 Å². The van der Waals surface area contributed by atoms with Crippen molar-refractivity contribution < 1.29 is 18.0 Å². The van der Waals surface area contributed by atoms with Crippen molar-refractivity contribution in [1.29, 1.82) is 0 Å². The second-order valence-electron chi connectivity index (χ2n) is 6.02. The van der Waals surface area contributed by atoms with Crippen LogP contribution in [0.15, 0.2) is 42.9 Å². The van der Waals surface area contributed by atoms with E-state index in [4.69, 9.17) is 5.73 Å². The number of benzene rings is 1. The van der Waals surface area contributed by atoms with E-state index in [0.29, 0.717) is 29.0 Å². The van der Waals surface area contributed by atoms with Crippen molar-refractivity contribution in [1.82, 2.24) is 20.3 Å². The molecule has 4 N–H and O–H groups in total. The van der Waals surface area contributed by atoms with Crippen molar-refractivity contribution >= 4 is 22.8 Å². The zero-order valence-corrected chi connectivity index (χ0v) is 14.8. The van der Waals surface area contributed by atoms with E-state index < -0.39 is 23.7 Å². The zero-order valence-electron chi connectivity index (χ0n) is 14.8. The summed E-state index contributed by atoms with van der Waals surface area (Å²) in [6.45, 7) is 0.409. The predicted molar refractivity (Wildman–Crippen MR) is 97.6 cm³/mol. The number of halogens is 3. The monoisotopic (exact) mass is 390 g/mol. The normalized spacial score (nSPS) is 12.7. The summed E-state index contributed by atoms with van der Waals surface area (Å²) in [5, 5.41) is 6.14. The molecule has 1 aromatic carbocycles. The Labute approximate surface area is 158 Å². The number of rotatable bonds is 6. The van der Waals surface area contributed by atoms with Crippen LogP contribution in [-0.4, -0.2) is 34.5 Å². The van der Waals surface area contributed by atoms with Crippen molar-refractivity contribution in [3.05, 3.63) is 59.5 Å². The Morgan fingerprint density at radius 3 is 2.43 bits per heavy atom. The summed E-state index contributed by atoms with van der Waals surface area (Å²) in [7, 11) is 1.72. The quantitative estimate of drug-likeness (QED) is 0.597. The van der Waals surface area contributed by atoms with Crippen molar-refractivity contribution in [3.8, 4) is 0 Å². The van der Waals surface area contributed by atoms with Crippen LogP contribution in [0.4, 0.5) is 19.0 Å². The molecule has 0 spiro atoms. The number of nitrogens with zero attached hydrogens (tertiary/aromatic N) is 3. The van der Waals surface area contributed by atoms with E-state index in [1.807, 2.05) is 0 Å². The fourth-order valence-electron chi connectivity index (χ4n) is 2.79. The van der Waals surface area contributed by atoms with Crippen molar-refractivity contribution in [2.75, 3.05) is 18.9 Å². The lowest BCUT2D eigenvalue weighted by atomic mass is 10.0. The molecule has 1 atom stereocenters. The first-order chi connectivity index (χ1) is 13.3. The molecule has 0 aliphatic heterocycles. The van der Waals surface area contributed by atoms with Gasteiger partial charge in [-0.05, 0) is 30.8 Å². The molecule has 0 aliphatic rings. The maximum Gasteiger partial charge on any atom is 0.416 e. The largest absolute Gasteiger partial charge is 0.416 e. The van der Waals surface area contributed by atoms with Crippen molar-refractivity contribution in [2.45, 2.75) is 12.2 Å². The number of hydrogen-bond acceptors (Lipinski definition) is 6. The predicted octanol–water partition coefficient (Wildman–Crippen LogP) is 2.52. The van der Waals surface area contributed by atoms with E-state index in [2.05, 4.69) is 25.6 Å². The molecule has 2 heterocycles. The summed E-state index contributed by atoms with van der Waals surface area (Å²) in [6, 6.07) is 5.93. The molecule has 10 heteroatoms. The highest BCUT2D eigenvalue weighted by molar-refractivity contribution is 6.05. The highest BCUT2D eigenvalue weighted by Gasteiger charge is 2.30. The standard InChI is InChI=1S/C18H17F3N6O/c1-23-8-13(10-2-4-11(5-3-10)18(19,20)21)27-17-15-14(25-9-26-17)12(16(22)28)6-7-24-15/h2-7,9,13,23H,8H2,1H3,(H2,22,28)(H,25,26,27). The van der Waals surface area contributed by atoms with Gasteiger partial charge in [0.15, 0.2) is 5.82 Å². The maximum atomic E-state index is 12.8. The molecule has 28 heavy (non-hydrogen) atoms. The number of carbonyl (C=O) groups excluding carboxylic acids is 1. The number of nitrogens with one attached hydrogen (secondary N) is 2. The number of amides is 1. The van der Waals surface area contributed by atoms with Gasteiger partial charge in [0.25, 0.3) is 5.91 Å². The first kappa shape index (κ1) is 19.5. The Hall–Kier alpha value is -3.27.